The molecule has 0 aliphatic heterocycles. The van der Waals surface area contributed by atoms with Crippen LogP contribution in [0, 0.1) is 0 Å². The maximum Gasteiger partial charge on any atom is 0.0363 e. The van der Waals surface area contributed by atoms with Crippen LogP contribution in [-0.4, -0.2) is 20.1 Å². The first-order valence-corrected chi connectivity index (χ1v) is 5.78. The lowest BCUT2D eigenvalue weighted by Gasteiger charge is -2.19. The summed E-state index contributed by atoms with van der Waals surface area (Å²) in [5.41, 5.74) is 8.13. The van der Waals surface area contributed by atoms with Crippen LogP contribution in [0.25, 0.3) is 0 Å². The van der Waals surface area contributed by atoms with Crippen molar-refractivity contribution < 1.29 is 0 Å². The fraction of sp³-hybridized carbons (Fsp3) is 0.538. The van der Waals surface area contributed by atoms with Gasteiger partial charge in [-0.15, -0.1) is 0 Å². The highest BCUT2D eigenvalue weighted by Gasteiger charge is 1.99. The molecule has 2 N–H and O–H groups in total. The van der Waals surface area contributed by atoms with Crippen LogP contribution in [-0.2, 0) is 6.42 Å². The molecule has 0 aliphatic carbocycles. The second kappa shape index (κ2) is 6.46. The van der Waals surface area contributed by atoms with Crippen LogP contribution in [0.5, 0.6) is 0 Å². The molecule has 0 radical (unpaired) electrons. The van der Waals surface area contributed by atoms with Gasteiger partial charge < -0.3 is 10.6 Å². The van der Waals surface area contributed by atoms with E-state index in [1.54, 1.807) is 0 Å². The minimum Gasteiger partial charge on any atom is -0.375 e. The van der Waals surface area contributed by atoms with Gasteiger partial charge in [-0.1, -0.05) is 25.5 Å². The molecule has 0 amide bonds. The van der Waals surface area contributed by atoms with E-state index in [2.05, 4.69) is 43.1 Å². The minimum atomic E-state index is 0.727. The Morgan fingerprint density at radius 1 is 1.20 bits per heavy atom. The molecule has 0 spiro atoms. The van der Waals surface area contributed by atoms with Crippen molar-refractivity contribution >= 4 is 5.69 Å². The Balaban J connectivity index is 2.54. The van der Waals surface area contributed by atoms with Crippen molar-refractivity contribution in [2.75, 3.05) is 25.0 Å². The standard InChI is InChI=1S/C13H22N2/c1-3-4-11-15(2)13-7-5-12(6-8-13)9-10-14/h5-8H,3-4,9-11,14H2,1-2H3. The maximum absolute atomic E-state index is 5.51. The van der Waals surface area contributed by atoms with Crippen LogP contribution in [0.3, 0.4) is 0 Å². The lowest BCUT2D eigenvalue weighted by molar-refractivity contribution is 0.766. The molecule has 0 atom stereocenters. The molecular weight excluding hydrogens is 184 g/mol. The van der Waals surface area contributed by atoms with Gasteiger partial charge in [-0.3, -0.25) is 0 Å². The summed E-state index contributed by atoms with van der Waals surface area (Å²) in [5, 5.41) is 0. The number of rotatable bonds is 6. The van der Waals surface area contributed by atoms with Crippen LogP contribution in [0.1, 0.15) is 25.3 Å². The quantitative estimate of drug-likeness (QED) is 0.774. The molecule has 1 aromatic carbocycles. The first-order valence-electron chi connectivity index (χ1n) is 5.78. The van der Waals surface area contributed by atoms with Crippen molar-refractivity contribution in [3.8, 4) is 0 Å². The maximum atomic E-state index is 5.51. The van der Waals surface area contributed by atoms with Crippen molar-refractivity contribution in [1.29, 1.82) is 0 Å². The molecule has 1 rings (SSSR count). The fourth-order valence-corrected chi connectivity index (χ4v) is 1.61. The number of hydrogen-bond acceptors (Lipinski definition) is 2. The Morgan fingerprint density at radius 3 is 2.40 bits per heavy atom. The Morgan fingerprint density at radius 2 is 1.87 bits per heavy atom. The number of anilines is 1. The van der Waals surface area contributed by atoms with Gasteiger partial charge in [0.15, 0.2) is 0 Å². The SMILES string of the molecule is CCCCN(C)c1ccc(CCN)cc1. The molecule has 0 bridgehead atoms. The lowest BCUT2D eigenvalue weighted by atomic mass is 10.1. The van der Waals surface area contributed by atoms with E-state index < -0.39 is 0 Å². The molecular formula is C13H22N2. The van der Waals surface area contributed by atoms with Gasteiger partial charge in [0, 0.05) is 19.3 Å². The summed E-state index contributed by atoms with van der Waals surface area (Å²) < 4.78 is 0. The minimum absolute atomic E-state index is 0.727. The van der Waals surface area contributed by atoms with E-state index in [-0.39, 0.29) is 0 Å². The van der Waals surface area contributed by atoms with E-state index in [1.165, 1.54) is 24.1 Å². The van der Waals surface area contributed by atoms with Crippen LogP contribution < -0.4 is 10.6 Å². The van der Waals surface area contributed by atoms with E-state index >= 15 is 0 Å². The third kappa shape index (κ3) is 3.92. The molecule has 0 saturated carbocycles. The summed E-state index contributed by atoms with van der Waals surface area (Å²) >= 11 is 0. The normalized spacial score (nSPS) is 10.3. The first kappa shape index (κ1) is 12.1. The van der Waals surface area contributed by atoms with Crippen LogP contribution in [0.4, 0.5) is 5.69 Å². The van der Waals surface area contributed by atoms with E-state index in [0.717, 1.165) is 19.5 Å². The topological polar surface area (TPSA) is 29.3 Å². The highest BCUT2D eigenvalue weighted by Crippen LogP contribution is 2.14. The van der Waals surface area contributed by atoms with Gasteiger partial charge in [-0.25, -0.2) is 0 Å². The van der Waals surface area contributed by atoms with E-state index in [9.17, 15) is 0 Å². The molecule has 0 aromatic heterocycles. The van der Waals surface area contributed by atoms with Crippen molar-refractivity contribution in [3.63, 3.8) is 0 Å². The number of hydrogen-bond donors (Lipinski definition) is 1. The summed E-state index contributed by atoms with van der Waals surface area (Å²) in [5.74, 6) is 0. The summed E-state index contributed by atoms with van der Waals surface area (Å²) in [6, 6.07) is 8.70. The summed E-state index contributed by atoms with van der Waals surface area (Å²) in [6.07, 6.45) is 3.47. The number of nitrogens with zero attached hydrogens (tertiary/aromatic N) is 1. The lowest BCUT2D eigenvalue weighted by Crippen LogP contribution is -2.18. The molecule has 0 heterocycles. The molecule has 1 aromatic rings. The van der Waals surface area contributed by atoms with Crippen molar-refractivity contribution in [1.82, 2.24) is 0 Å². The monoisotopic (exact) mass is 206 g/mol. The fourth-order valence-electron chi connectivity index (χ4n) is 1.61. The van der Waals surface area contributed by atoms with E-state index in [4.69, 9.17) is 5.73 Å². The zero-order valence-electron chi connectivity index (χ0n) is 9.87. The predicted molar refractivity (Wildman–Crippen MR) is 67.4 cm³/mol. The number of benzene rings is 1. The van der Waals surface area contributed by atoms with Gasteiger partial charge in [-0.2, -0.15) is 0 Å². The van der Waals surface area contributed by atoms with Gasteiger partial charge in [0.05, 0.1) is 0 Å². The van der Waals surface area contributed by atoms with Crippen LogP contribution in [0.2, 0.25) is 0 Å². The molecule has 84 valence electrons. The van der Waals surface area contributed by atoms with Crippen molar-refractivity contribution in [3.05, 3.63) is 29.8 Å². The van der Waals surface area contributed by atoms with E-state index in [0.29, 0.717) is 0 Å². The van der Waals surface area contributed by atoms with Gasteiger partial charge in [0.25, 0.3) is 0 Å². The van der Waals surface area contributed by atoms with Gasteiger partial charge >= 0.3 is 0 Å². The van der Waals surface area contributed by atoms with Crippen molar-refractivity contribution in [2.24, 2.45) is 5.73 Å². The first-order chi connectivity index (χ1) is 7.27. The summed E-state index contributed by atoms with van der Waals surface area (Å²) in [6.45, 7) is 4.08. The van der Waals surface area contributed by atoms with Gasteiger partial charge in [0.2, 0.25) is 0 Å². The van der Waals surface area contributed by atoms with Crippen LogP contribution >= 0.6 is 0 Å². The molecule has 2 nitrogen and oxygen atoms in total. The summed E-state index contributed by atoms with van der Waals surface area (Å²) in [4.78, 5) is 2.30. The zero-order chi connectivity index (χ0) is 11.1. The summed E-state index contributed by atoms with van der Waals surface area (Å²) in [7, 11) is 2.15. The molecule has 0 fully saturated rings. The Bertz CT molecular complexity index is 266. The van der Waals surface area contributed by atoms with Crippen LogP contribution in [0.15, 0.2) is 24.3 Å². The Kier molecular flexibility index (Phi) is 5.19. The molecule has 15 heavy (non-hydrogen) atoms. The number of unbranched alkanes of at least 4 members (excludes halogenated alkanes) is 1. The second-order valence-electron chi connectivity index (χ2n) is 3.98. The zero-order valence-corrected chi connectivity index (χ0v) is 9.87. The highest BCUT2D eigenvalue weighted by atomic mass is 15.1. The van der Waals surface area contributed by atoms with Gasteiger partial charge in [0.1, 0.15) is 0 Å². The average molecular weight is 206 g/mol. The highest BCUT2D eigenvalue weighted by molar-refractivity contribution is 5.46. The Hall–Kier alpha value is -1.02. The van der Waals surface area contributed by atoms with Gasteiger partial charge in [-0.05, 0) is 37.1 Å². The third-order valence-electron chi connectivity index (χ3n) is 2.66. The largest absolute Gasteiger partial charge is 0.375 e. The second-order valence-corrected chi connectivity index (χ2v) is 3.98. The third-order valence-corrected chi connectivity index (χ3v) is 2.66. The smallest absolute Gasteiger partial charge is 0.0363 e. The molecule has 0 saturated heterocycles. The molecule has 2 heteroatoms. The molecule has 0 unspecified atom stereocenters. The average Bonchev–Trinajstić information content (AvgIpc) is 2.27. The predicted octanol–water partition coefficient (Wildman–Crippen LogP) is 2.42. The number of nitrogens with two attached hydrogens (primary N) is 1. The van der Waals surface area contributed by atoms with Crippen molar-refractivity contribution in [2.45, 2.75) is 26.2 Å². The Labute approximate surface area is 93.1 Å². The van der Waals surface area contributed by atoms with E-state index in [1.807, 2.05) is 0 Å². The molecule has 0 aliphatic rings.